The number of ether oxygens (including phenoxy) is 1. The van der Waals surface area contributed by atoms with Crippen LogP contribution in [0.3, 0.4) is 0 Å². The van der Waals surface area contributed by atoms with E-state index in [1.54, 1.807) is 13.0 Å². The topological polar surface area (TPSA) is 49.9 Å². The molecule has 0 fully saturated rings. The number of hydrogen-bond acceptors (Lipinski definition) is 3. The quantitative estimate of drug-likeness (QED) is 0.348. The molecule has 0 heterocycles. The SMILES string of the molecule is CCOC(=O)/C=C/c1ccc(C)cc1P(=O)(N(CC)CC)N(CC)CC. The Morgan fingerprint density at radius 1 is 1.04 bits per heavy atom. The molecule has 0 atom stereocenters. The highest BCUT2D eigenvalue weighted by Crippen LogP contribution is 2.52. The fraction of sp³-hybridized carbons (Fsp3) is 0.550. The molecule has 1 aromatic carbocycles. The zero-order valence-electron chi connectivity index (χ0n) is 17.0. The molecule has 0 aliphatic rings. The van der Waals surface area contributed by atoms with Crippen molar-refractivity contribution in [1.29, 1.82) is 0 Å². The molecule has 0 N–H and O–H groups in total. The molecule has 0 aromatic heterocycles. The fourth-order valence-electron chi connectivity index (χ4n) is 3.09. The summed E-state index contributed by atoms with van der Waals surface area (Å²) in [7, 11) is -2.97. The van der Waals surface area contributed by atoms with Crippen molar-refractivity contribution in [2.24, 2.45) is 0 Å². The van der Waals surface area contributed by atoms with Gasteiger partial charge in [0, 0.05) is 37.6 Å². The van der Waals surface area contributed by atoms with Crippen molar-refractivity contribution >= 4 is 24.8 Å². The molecule has 0 spiro atoms. The summed E-state index contributed by atoms with van der Waals surface area (Å²) in [5.74, 6) is -0.389. The van der Waals surface area contributed by atoms with Gasteiger partial charge in [-0.05, 0) is 31.6 Å². The summed E-state index contributed by atoms with van der Waals surface area (Å²) in [6, 6.07) is 5.89. The standard InChI is InChI=1S/C20H33N2O3P/c1-7-21(8-2)26(24,22(9-3)10-4)19-16-17(6)12-13-18(19)14-15-20(23)25-11-5/h12-16H,7-11H2,1-6H3/b15-14+. The van der Waals surface area contributed by atoms with Crippen LogP contribution in [-0.4, -0.2) is 48.1 Å². The average molecular weight is 380 g/mol. The van der Waals surface area contributed by atoms with Crippen LogP contribution in [0.15, 0.2) is 24.3 Å². The molecule has 5 nitrogen and oxygen atoms in total. The van der Waals surface area contributed by atoms with Gasteiger partial charge in [0.05, 0.1) is 6.61 Å². The lowest BCUT2D eigenvalue weighted by atomic mass is 10.1. The highest BCUT2D eigenvalue weighted by molar-refractivity contribution is 7.67. The number of benzene rings is 1. The van der Waals surface area contributed by atoms with E-state index in [1.807, 2.05) is 62.2 Å². The summed E-state index contributed by atoms with van der Waals surface area (Å²) in [6.07, 6.45) is 3.12. The molecule has 0 radical (unpaired) electrons. The Morgan fingerprint density at radius 3 is 2.04 bits per heavy atom. The van der Waals surface area contributed by atoms with Crippen LogP contribution in [0.25, 0.3) is 6.08 Å². The summed E-state index contributed by atoms with van der Waals surface area (Å²) in [6.45, 7) is 15.0. The monoisotopic (exact) mass is 380 g/mol. The Morgan fingerprint density at radius 2 is 1.58 bits per heavy atom. The van der Waals surface area contributed by atoms with Gasteiger partial charge < -0.3 is 4.74 Å². The molecule has 0 aliphatic carbocycles. The first kappa shape index (κ1) is 22.6. The minimum atomic E-state index is -2.97. The molecule has 6 heteroatoms. The van der Waals surface area contributed by atoms with E-state index in [2.05, 4.69) is 0 Å². The van der Waals surface area contributed by atoms with Gasteiger partial charge in [0.25, 0.3) is 0 Å². The minimum absolute atomic E-state index is 0.335. The first-order chi connectivity index (χ1) is 12.4. The van der Waals surface area contributed by atoms with Gasteiger partial charge in [0.15, 0.2) is 0 Å². The van der Waals surface area contributed by atoms with E-state index in [-0.39, 0.29) is 5.97 Å². The maximum absolute atomic E-state index is 14.4. The number of carbonyl (C=O) groups is 1. The Kier molecular flexibility index (Phi) is 9.28. The van der Waals surface area contributed by atoms with E-state index in [0.29, 0.717) is 32.8 Å². The number of nitrogens with zero attached hydrogens (tertiary/aromatic N) is 2. The third kappa shape index (κ3) is 5.06. The van der Waals surface area contributed by atoms with Gasteiger partial charge in [-0.15, -0.1) is 0 Å². The number of hydrogen-bond donors (Lipinski definition) is 0. The first-order valence-corrected chi connectivity index (χ1v) is 11.1. The molecule has 0 amide bonds. The smallest absolute Gasteiger partial charge is 0.330 e. The van der Waals surface area contributed by atoms with Crippen LogP contribution in [0.2, 0.25) is 0 Å². The molecule has 0 aliphatic heterocycles. The summed E-state index contributed by atoms with van der Waals surface area (Å²) in [5, 5.41) is 0.783. The van der Waals surface area contributed by atoms with Crippen LogP contribution in [0, 0.1) is 6.92 Å². The van der Waals surface area contributed by atoms with Crippen molar-refractivity contribution in [2.45, 2.75) is 41.5 Å². The normalized spacial score (nSPS) is 12.3. The number of esters is 1. The second kappa shape index (κ2) is 10.7. The zero-order valence-corrected chi connectivity index (χ0v) is 17.9. The van der Waals surface area contributed by atoms with Gasteiger partial charge in [-0.2, -0.15) is 0 Å². The van der Waals surface area contributed by atoms with Crippen LogP contribution >= 0.6 is 7.44 Å². The lowest BCUT2D eigenvalue weighted by Gasteiger charge is -2.38. The second-order valence-electron chi connectivity index (χ2n) is 5.97. The summed E-state index contributed by atoms with van der Waals surface area (Å²) >= 11 is 0. The van der Waals surface area contributed by atoms with E-state index in [9.17, 15) is 9.36 Å². The number of aryl methyl sites for hydroxylation is 1. The summed E-state index contributed by atoms with van der Waals surface area (Å²) < 4.78 is 23.4. The van der Waals surface area contributed by atoms with Crippen molar-refractivity contribution in [1.82, 2.24) is 9.34 Å². The Balaban J connectivity index is 3.57. The van der Waals surface area contributed by atoms with E-state index >= 15 is 0 Å². The molecule has 0 saturated carbocycles. The Hall–Kier alpha value is -1.42. The highest BCUT2D eigenvalue weighted by Gasteiger charge is 2.37. The maximum atomic E-state index is 14.4. The van der Waals surface area contributed by atoms with E-state index in [1.165, 1.54) is 6.08 Å². The third-order valence-electron chi connectivity index (χ3n) is 4.41. The van der Waals surface area contributed by atoms with E-state index in [4.69, 9.17) is 4.74 Å². The molecule has 0 saturated heterocycles. The zero-order chi connectivity index (χ0) is 19.7. The predicted molar refractivity (Wildman–Crippen MR) is 110 cm³/mol. The summed E-state index contributed by atoms with van der Waals surface area (Å²) in [5.41, 5.74) is 1.85. The van der Waals surface area contributed by atoms with Crippen LogP contribution in [0.4, 0.5) is 0 Å². The number of carbonyl (C=O) groups excluding carboxylic acids is 1. The third-order valence-corrected chi connectivity index (χ3v) is 8.09. The molecule has 146 valence electrons. The Bertz CT molecular complexity index is 649. The molecule has 0 unspecified atom stereocenters. The molecule has 1 rings (SSSR count). The van der Waals surface area contributed by atoms with Gasteiger partial charge in [-0.1, -0.05) is 45.4 Å². The van der Waals surface area contributed by atoms with E-state index < -0.39 is 7.44 Å². The molecular formula is C20H33N2O3P. The van der Waals surface area contributed by atoms with Gasteiger partial charge >= 0.3 is 5.97 Å². The molecule has 0 bridgehead atoms. The lowest BCUT2D eigenvalue weighted by Crippen LogP contribution is -2.38. The van der Waals surface area contributed by atoms with Gasteiger partial charge in [0.2, 0.25) is 7.44 Å². The molecule has 1 aromatic rings. The Labute approximate surface area is 158 Å². The molecule has 26 heavy (non-hydrogen) atoms. The molecular weight excluding hydrogens is 347 g/mol. The van der Waals surface area contributed by atoms with Gasteiger partial charge in [-0.3, -0.25) is 4.57 Å². The van der Waals surface area contributed by atoms with Crippen molar-refractivity contribution in [3.05, 3.63) is 35.4 Å². The summed E-state index contributed by atoms with van der Waals surface area (Å²) in [4.78, 5) is 11.7. The average Bonchev–Trinajstić information content (AvgIpc) is 2.62. The second-order valence-corrected chi connectivity index (χ2v) is 8.67. The van der Waals surface area contributed by atoms with Gasteiger partial charge in [-0.25, -0.2) is 14.1 Å². The van der Waals surface area contributed by atoms with Crippen molar-refractivity contribution < 1.29 is 14.1 Å². The van der Waals surface area contributed by atoms with Crippen molar-refractivity contribution in [3.63, 3.8) is 0 Å². The number of rotatable bonds is 10. The highest BCUT2D eigenvalue weighted by atomic mass is 31.2. The lowest BCUT2D eigenvalue weighted by molar-refractivity contribution is -0.137. The van der Waals surface area contributed by atoms with Crippen LogP contribution < -0.4 is 5.30 Å². The van der Waals surface area contributed by atoms with Crippen LogP contribution in [-0.2, 0) is 14.1 Å². The van der Waals surface area contributed by atoms with Crippen molar-refractivity contribution in [3.8, 4) is 0 Å². The van der Waals surface area contributed by atoms with E-state index in [0.717, 1.165) is 16.4 Å². The van der Waals surface area contributed by atoms with Gasteiger partial charge in [0.1, 0.15) is 0 Å². The maximum Gasteiger partial charge on any atom is 0.330 e. The predicted octanol–water partition coefficient (Wildman–Crippen LogP) is 4.07. The van der Waals surface area contributed by atoms with Crippen molar-refractivity contribution in [2.75, 3.05) is 32.8 Å². The minimum Gasteiger partial charge on any atom is -0.463 e. The largest absolute Gasteiger partial charge is 0.463 e. The first-order valence-electron chi connectivity index (χ1n) is 9.45. The fourth-order valence-corrected chi connectivity index (χ4v) is 6.45. The van der Waals surface area contributed by atoms with Crippen LogP contribution in [0.1, 0.15) is 45.7 Å². The van der Waals surface area contributed by atoms with Crippen LogP contribution in [0.5, 0.6) is 0 Å².